The van der Waals surface area contributed by atoms with Gasteiger partial charge in [-0.15, -0.1) is 0 Å². The van der Waals surface area contributed by atoms with E-state index in [1.807, 2.05) is 0 Å². The fourth-order valence-electron chi connectivity index (χ4n) is 1.36. The number of nitrogens with zero attached hydrogens (tertiary/aromatic N) is 2. The van der Waals surface area contributed by atoms with Crippen LogP contribution in [-0.4, -0.2) is 27.7 Å². The SMILES string of the molecule is COc1cc2nc(Br)cn2cc1NC(=O)O. The van der Waals surface area contributed by atoms with E-state index in [9.17, 15) is 4.79 Å². The number of imidazole rings is 1. The standard InChI is InChI=1S/C9H8BrN3O3/c1-16-6-2-8-12-7(10)4-13(8)3-5(6)11-9(14)15/h2-4,11H,1H3,(H,14,15). The highest BCUT2D eigenvalue weighted by Crippen LogP contribution is 2.26. The van der Waals surface area contributed by atoms with Crippen LogP contribution in [0.25, 0.3) is 5.65 Å². The van der Waals surface area contributed by atoms with Gasteiger partial charge < -0.3 is 14.2 Å². The highest BCUT2D eigenvalue weighted by atomic mass is 79.9. The molecule has 0 fully saturated rings. The van der Waals surface area contributed by atoms with Crippen LogP contribution in [-0.2, 0) is 0 Å². The summed E-state index contributed by atoms with van der Waals surface area (Å²) in [7, 11) is 1.47. The van der Waals surface area contributed by atoms with Crippen molar-refractivity contribution in [2.75, 3.05) is 12.4 Å². The molecule has 2 aromatic heterocycles. The minimum Gasteiger partial charge on any atom is -0.494 e. The van der Waals surface area contributed by atoms with Gasteiger partial charge >= 0.3 is 6.09 Å². The van der Waals surface area contributed by atoms with E-state index in [4.69, 9.17) is 9.84 Å². The molecule has 2 aromatic rings. The molecule has 0 bridgehead atoms. The third-order valence-electron chi connectivity index (χ3n) is 1.99. The Hall–Kier alpha value is -1.76. The molecule has 0 saturated heterocycles. The van der Waals surface area contributed by atoms with Gasteiger partial charge in [0.05, 0.1) is 7.11 Å². The summed E-state index contributed by atoms with van der Waals surface area (Å²) in [5.41, 5.74) is 1.03. The molecule has 7 heteroatoms. The summed E-state index contributed by atoms with van der Waals surface area (Å²) in [6.07, 6.45) is 2.18. The molecule has 1 amide bonds. The van der Waals surface area contributed by atoms with E-state index < -0.39 is 6.09 Å². The summed E-state index contributed by atoms with van der Waals surface area (Å²) < 4.78 is 7.43. The van der Waals surface area contributed by atoms with Gasteiger partial charge in [0.25, 0.3) is 0 Å². The van der Waals surface area contributed by atoms with Gasteiger partial charge in [0, 0.05) is 18.5 Å². The third kappa shape index (κ3) is 1.94. The fraction of sp³-hybridized carbons (Fsp3) is 0.111. The first-order valence-electron chi connectivity index (χ1n) is 4.32. The Bertz CT molecular complexity index is 552. The predicted octanol–water partition coefficient (Wildman–Crippen LogP) is 2.20. The Labute approximate surface area is 99.0 Å². The van der Waals surface area contributed by atoms with Crippen molar-refractivity contribution in [3.05, 3.63) is 23.1 Å². The van der Waals surface area contributed by atoms with Crippen molar-refractivity contribution in [3.8, 4) is 5.75 Å². The topological polar surface area (TPSA) is 75.9 Å². The van der Waals surface area contributed by atoms with Crippen LogP contribution in [0.5, 0.6) is 5.75 Å². The van der Waals surface area contributed by atoms with Crippen molar-refractivity contribution in [2.45, 2.75) is 0 Å². The summed E-state index contributed by atoms with van der Waals surface area (Å²) in [6.45, 7) is 0. The summed E-state index contributed by atoms with van der Waals surface area (Å²) >= 11 is 3.24. The van der Waals surface area contributed by atoms with Crippen molar-refractivity contribution < 1.29 is 14.6 Å². The van der Waals surface area contributed by atoms with Crippen molar-refractivity contribution in [3.63, 3.8) is 0 Å². The molecule has 16 heavy (non-hydrogen) atoms. The molecule has 2 heterocycles. The lowest BCUT2D eigenvalue weighted by molar-refractivity contribution is 0.209. The number of nitrogens with one attached hydrogen (secondary N) is 1. The highest BCUT2D eigenvalue weighted by molar-refractivity contribution is 9.10. The molecule has 2 rings (SSSR count). The van der Waals surface area contributed by atoms with Crippen molar-refractivity contribution in [2.24, 2.45) is 0 Å². The lowest BCUT2D eigenvalue weighted by atomic mass is 10.3. The number of ether oxygens (including phenoxy) is 1. The Morgan fingerprint density at radius 2 is 2.38 bits per heavy atom. The summed E-state index contributed by atoms with van der Waals surface area (Å²) in [6, 6.07) is 1.65. The quantitative estimate of drug-likeness (QED) is 0.887. The van der Waals surface area contributed by atoms with E-state index in [1.165, 1.54) is 7.11 Å². The van der Waals surface area contributed by atoms with Crippen LogP contribution in [0.1, 0.15) is 0 Å². The van der Waals surface area contributed by atoms with Crippen LogP contribution in [0.15, 0.2) is 23.1 Å². The molecule has 0 aromatic carbocycles. The molecule has 0 aliphatic carbocycles. The summed E-state index contributed by atoms with van der Waals surface area (Å²) in [4.78, 5) is 14.7. The number of hydrogen-bond donors (Lipinski definition) is 2. The number of methoxy groups -OCH3 is 1. The molecule has 84 valence electrons. The number of pyridine rings is 1. The second kappa shape index (κ2) is 4.01. The number of hydrogen-bond acceptors (Lipinski definition) is 3. The largest absolute Gasteiger partial charge is 0.494 e. The van der Waals surface area contributed by atoms with Gasteiger partial charge in [0.1, 0.15) is 21.7 Å². The Kier molecular flexibility index (Phi) is 2.69. The number of carboxylic acid groups (broad SMARTS) is 1. The number of halogens is 1. The Morgan fingerprint density at radius 1 is 1.62 bits per heavy atom. The van der Waals surface area contributed by atoms with Gasteiger partial charge in [-0.1, -0.05) is 0 Å². The lowest BCUT2D eigenvalue weighted by Gasteiger charge is -2.08. The number of carbonyl (C=O) groups is 1. The van der Waals surface area contributed by atoms with Gasteiger partial charge in [0.15, 0.2) is 0 Å². The third-order valence-corrected chi connectivity index (χ3v) is 2.37. The van der Waals surface area contributed by atoms with Crippen LogP contribution in [0.3, 0.4) is 0 Å². The second-order valence-electron chi connectivity index (χ2n) is 3.01. The van der Waals surface area contributed by atoms with Gasteiger partial charge in [-0.25, -0.2) is 9.78 Å². The Morgan fingerprint density at radius 3 is 3.00 bits per heavy atom. The zero-order chi connectivity index (χ0) is 11.7. The minimum atomic E-state index is -1.14. The normalized spacial score (nSPS) is 10.4. The van der Waals surface area contributed by atoms with Crippen LogP contribution in [0, 0.1) is 0 Å². The molecule has 0 unspecified atom stereocenters. The van der Waals surface area contributed by atoms with Gasteiger partial charge in [0.2, 0.25) is 0 Å². The van der Waals surface area contributed by atoms with Crippen LogP contribution >= 0.6 is 15.9 Å². The average Bonchev–Trinajstić information content (AvgIpc) is 2.55. The molecule has 0 aliphatic heterocycles. The fourth-order valence-corrected chi connectivity index (χ4v) is 1.77. The van der Waals surface area contributed by atoms with Crippen LogP contribution < -0.4 is 10.1 Å². The number of amides is 1. The molecule has 0 aliphatic rings. The molecule has 0 spiro atoms. The number of fused-ring (bicyclic) bond motifs is 1. The minimum absolute atomic E-state index is 0.368. The van der Waals surface area contributed by atoms with E-state index in [-0.39, 0.29) is 0 Å². The number of aromatic nitrogens is 2. The van der Waals surface area contributed by atoms with Crippen molar-refractivity contribution in [1.82, 2.24) is 9.38 Å². The monoisotopic (exact) mass is 285 g/mol. The molecular formula is C9H8BrN3O3. The summed E-state index contributed by atoms with van der Waals surface area (Å²) in [5.74, 6) is 0.424. The molecule has 0 radical (unpaired) electrons. The van der Waals surface area contributed by atoms with Gasteiger partial charge in [-0.3, -0.25) is 5.32 Å². The van der Waals surface area contributed by atoms with E-state index in [2.05, 4.69) is 26.2 Å². The van der Waals surface area contributed by atoms with E-state index in [1.54, 1.807) is 22.9 Å². The maximum atomic E-state index is 10.6. The first-order chi connectivity index (χ1) is 7.60. The lowest BCUT2D eigenvalue weighted by Crippen LogP contribution is -2.09. The molecule has 2 N–H and O–H groups in total. The van der Waals surface area contributed by atoms with Crippen molar-refractivity contribution in [1.29, 1.82) is 0 Å². The number of anilines is 1. The predicted molar refractivity (Wildman–Crippen MR) is 61.1 cm³/mol. The van der Waals surface area contributed by atoms with Crippen LogP contribution in [0.4, 0.5) is 10.5 Å². The zero-order valence-corrected chi connectivity index (χ0v) is 9.85. The van der Waals surface area contributed by atoms with Gasteiger partial charge in [-0.05, 0) is 15.9 Å². The smallest absolute Gasteiger partial charge is 0.409 e. The molecule has 0 atom stereocenters. The maximum absolute atomic E-state index is 10.6. The number of rotatable bonds is 2. The van der Waals surface area contributed by atoms with Gasteiger partial charge in [-0.2, -0.15) is 0 Å². The molecule has 6 nitrogen and oxygen atoms in total. The van der Waals surface area contributed by atoms with E-state index in [0.29, 0.717) is 21.7 Å². The van der Waals surface area contributed by atoms with Crippen LogP contribution in [0.2, 0.25) is 0 Å². The first-order valence-corrected chi connectivity index (χ1v) is 5.11. The highest BCUT2D eigenvalue weighted by Gasteiger charge is 2.09. The summed E-state index contributed by atoms with van der Waals surface area (Å²) in [5, 5.41) is 10.9. The first kappa shape index (κ1) is 10.7. The molecular weight excluding hydrogens is 278 g/mol. The zero-order valence-electron chi connectivity index (χ0n) is 8.27. The Balaban J connectivity index is 2.57. The maximum Gasteiger partial charge on any atom is 0.409 e. The second-order valence-corrected chi connectivity index (χ2v) is 3.83. The van der Waals surface area contributed by atoms with E-state index in [0.717, 1.165) is 0 Å². The van der Waals surface area contributed by atoms with E-state index >= 15 is 0 Å². The van der Waals surface area contributed by atoms with Crippen molar-refractivity contribution >= 4 is 33.4 Å². The average molecular weight is 286 g/mol. The molecule has 0 saturated carbocycles.